The van der Waals surface area contributed by atoms with Crippen LogP contribution in [-0.4, -0.2) is 12.5 Å². The molecule has 1 atom stereocenters. The van der Waals surface area contributed by atoms with Crippen LogP contribution in [-0.2, 0) is 9.79 Å². The van der Waals surface area contributed by atoms with Gasteiger partial charge in [0.05, 0.1) is 6.54 Å². The largest absolute Gasteiger partial charge is 0.360 e. The van der Waals surface area contributed by atoms with Crippen LogP contribution in [0.5, 0.6) is 0 Å². The number of thioether (sulfide) groups is 1. The van der Waals surface area contributed by atoms with Crippen molar-refractivity contribution in [3.63, 3.8) is 0 Å². The maximum atomic E-state index is 13.1. The standard InChI is InChI=1S/C17H16FN3OS/c18-14-8-6-13(7-9-14)17(19-10-11-23-17)20-12-16(22)21-15-4-2-1-3-5-15/h1-11,19-20H,12H2,(H,21,22). The molecule has 0 bridgehead atoms. The van der Waals surface area contributed by atoms with Crippen molar-refractivity contribution >= 4 is 23.4 Å². The molecule has 0 radical (unpaired) electrons. The molecule has 6 heteroatoms. The van der Waals surface area contributed by atoms with Gasteiger partial charge in [0.2, 0.25) is 5.91 Å². The molecular weight excluding hydrogens is 313 g/mol. The van der Waals surface area contributed by atoms with Crippen molar-refractivity contribution in [2.75, 3.05) is 11.9 Å². The zero-order chi connectivity index (χ0) is 16.1. The first kappa shape index (κ1) is 15.6. The zero-order valence-electron chi connectivity index (χ0n) is 12.3. The van der Waals surface area contributed by atoms with E-state index in [1.807, 2.05) is 35.7 Å². The number of halogens is 1. The smallest absolute Gasteiger partial charge is 0.238 e. The summed E-state index contributed by atoms with van der Waals surface area (Å²) < 4.78 is 13.1. The number of carbonyl (C=O) groups is 1. The van der Waals surface area contributed by atoms with E-state index >= 15 is 0 Å². The van der Waals surface area contributed by atoms with Gasteiger partial charge in [-0.05, 0) is 29.7 Å². The molecule has 0 saturated heterocycles. The Morgan fingerprint density at radius 3 is 2.52 bits per heavy atom. The van der Waals surface area contributed by atoms with Gasteiger partial charge in [0.15, 0.2) is 4.99 Å². The van der Waals surface area contributed by atoms with Crippen molar-refractivity contribution in [2.24, 2.45) is 0 Å². The van der Waals surface area contributed by atoms with E-state index in [0.717, 1.165) is 11.3 Å². The van der Waals surface area contributed by atoms with Crippen molar-refractivity contribution in [3.05, 3.63) is 77.6 Å². The SMILES string of the molecule is O=C(CNC1(c2ccc(F)cc2)NC=CS1)Nc1ccccc1. The van der Waals surface area contributed by atoms with Crippen LogP contribution in [0, 0.1) is 5.82 Å². The van der Waals surface area contributed by atoms with E-state index < -0.39 is 4.99 Å². The molecular formula is C17H16FN3OS. The number of carbonyl (C=O) groups excluding carboxylic acids is 1. The average molecular weight is 329 g/mol. The van der Waals surface area contributed by atoms with Gasteiger partial charge in [0, 0.05) is 17.5 Å². The summed E-state index contributed by atoms with van der Waals surface area (Å²) in [5.41, 5.74) is 1.60. The van der Waals surface area contributed by atoms with Gasteiger partial charge in [-0.25, -0.2) is 4.39 Å². The van der Waals surface area contributed by atoms with Crippen LogP contribution in [0.25, 0.3) is 0 Å². The molecule has 1 unspecified atom stereocenters. The lowest BCUT2D eigenvalue weighted by molar-refractivity contribution is -0.115. The first-order valence-electron chi connectivity index (χ1n) is 7.14. The second-order valence-electron chi connectivity index (χ2n) is 5.02. The summed E-state index contributed by atoms with van der Waals surface area (Å²) in [6.07, 6.45) is 1.80. The fourth-order valence-electron chi connectivity index (χ4n) is 2.28. The number of rotatable bonds is 5. The summed E-state index contributed by atoms with van der Waals surface area (Å²) in [6, 6.07) is 15.5. The van der Waals surface area contributed by atoms with Crippen molar-refractivity contribution in [1.82, 2.24) is 10.6 Å². The Morgan fingerprint density at radius 1 is 1.13 bits per heavy atom. The van der Waals surface area contributed by atoms with Gasteiger partial charge in [-0.15, -0.1) is 0 Å². The Morgan fingerprint density at radius 2 is 1.87 bits per heavy atom. The number of hydrogen-bond acceptors (Lipinski definition) is 4. The van der Waals surface area contributed by atoms with Crippen LogP contribution >= 0.6 is 11.8 Å². The highest BCUT2D eigenvalue weighted by atomic mass is 32.2. The molecule has 0 spiro atoms. The third-order valence-electron chi connectivity index (χ3n) is 3.41. The molecule has 1 aliphatic rings. The average Bonchev–Trinajstić information content (AvgIpc) is 3.05. The van der Waals surface area contributed by atoms with Crippen molar-refractivity contribution in [3.8, 4) is 0 Å². The lowest BCUT2D eigenvalue weighted by atomic mass is 10.1. The summed E-state index contributed by atoms with van der Waals surface area (Å²) in [5, 5.41) is 11.1. The summed E-state index contributed by atoms with van der Waals surface area (Å²) in [5.74, 6) is -0.436. The van der Waals surface area contributed by atoms with E-state index in [1.165, 1.54) is 23.9 Å². The fourth-order valence-corrected chi connectivity index (χ4v) is 3.19. The Hall–Kier alpha value is -2.31. The number of hydrogen-bond donors (Lipinski definition) is 3. The highest BCUT2D eigenvalue weighted by Crippen LogP contribution is 2.35. The number of para-hydroxylation sites is 1. The van der Waals surface area contributed by atoms with E-state index in [9.17, 15) is 9.18 Å². The first-order valence-corrected chi connectivity index (χ1v) is 8.02. The van der Waals surface area contributed by atoms with E-state index in [0.29, 0.717) is 0 Å². The van der Waals surface area contributed by atoms with Gasteiger partial charge in [0.1, 0.15) is 5.82 Å². The van der Waals surface area contributed by atoms with Crippen LogP contribution in [0.2, 0.25) is 0 Å². The molecule has 0 aliphatic carbocycles. The minimum atomic E-state index is -0.665. The van der Waals surface area contributed by atoms with Gasteiger partial charge >= 0.3 is 0 Å². The molecule has 2 aromatic rings. The van der Waals surface area contributed by atoms with Gasteiger partial charge in [0.25, 0.3) is 0 Å². The molecule has 118 valence electrons. The van der Waals surface area contributed by atoms with E-state index in [1.54, 1.807) is 18.3 Å². The Labute approximate surface area is 138 Å². The molecule has 23 heavy (non-hydrogen) atoms. The molecule has 0 aromatic heterocycles. The summed E-state index contributed by atoms with van der Waals surface area (Å²) in [7, 11) is 0. The molecule has 4 nitrogen and oxygen atoms in total. The van der Waals surface area contributed by atoms with E-state index in [-0.39, 0.29) is 18.3 Å². The van der Waals surface area contributed by atoms with Crippen LogP contribution < -0.4 is 16.0 Å². The topological polar surface area (TPSA) is 53.2 Å². The minimum Gasteiger partial charge on any atom is -0.360 e. The maximum Gasteiger partial charge on any atom is 0.238 e. The summed E-state index contributed by atoms with van der Waals surface area (Å²) in [6.45, 7) is 0.119. The number of anilines is 1. The molecule has 3 rings (SSSR count). The molecule has 1 aliphatic heterocycles. The molecule has 0 saturated carbocycles. The summed E-state index contributed by atoms with van der Waals surface area (Å²) >= 11 is 1.49. The highest BCUT2D eigenvalue weighted by Gasteiger charge is 2.34. The molecule has 1 amide bonds. The first-order chi connectivity index (χ1) is 11.2. The summed E-state index contributed by atoms with van der Waals surface area (Å²) in [4.78, 5) is 11.4. The predicted molar refractivity (Wildman–Crippen MR) is 91.0 cm³/mol. The third kappa shape index (κ3) is 3.72. The van der Waals surface area contributed by atoms with Crippen LogP contribution in [0.1, 0.15) is 5.56 Å². The third-order valence-corrected chi connectivity index (χ3v) is 4.53. The van der Waals surface area contributed by atoms with Gasteiger partial charge in [-0.3, -0.25) is 10.1 Å². The Kier molecular flexibility index (Phi) is 4.64. The van der Waals surface area contributed by atoms with E-state index in [4.69, 9.17) is 0 Å². The normalized spacial score (nSPS) is 19.3. The van der Waals surface area contributed by atoms with Crippen LogP contribution in [0.15, 0.2) is 66.2 Å². The Balaban J connectivity index is 1.66. The zero-order valence-corrected chi connectivity index (χ0v) is 13.1. The molecule has 1 heterocycles. The van der Waals surface area contributed by atoms with Gasteiger partial charge in [-0.2, -0.15) is 0 Å². The molecule has 3 N–H and O–H groups in total. The fraction of sp³-hybridized carbons (Fsp3) is 0.118. The van der Waals surface area contributed by atoms with Gasteiger partial charge < -0.3 is 10.6 Å². The number of nitrogens with one attached hydrogen (secondary N) is 3. The predicted octanol–water partition coefficient (Wildman–Crippen LogP) is 2.97. The quantitative estimate of drug-likeness (QED) is 0.789. The second-order valence-corrected chi connectivity index (χ2v) is 6.14. The molecule has 2 aromatic carbocycles. The van der Waals surface area contributed by atoms with Crippen LogP contribution in [0.4, 0.5) is 10.1 Å². The molecule has 0 fully saturated rings. The number of benzene rings is 2. The lowest BCUT2D eigenvalue weighted by Gasteiger charge is -2.30. The minimum absolute atomic E-state index is 0.119. The van der Waals surface area contributed by atoms with Crippen LogP contribution in [0.3, 0.4) is 0 Å². The van der Waals surface area contributed by atoms with Crippen molar-refractivity contribution in [2.45, 2.75) is 4.99 Å². The highest BCUT2D eigenvalue weighted by molar-refractivity contribution is 8.03. The van der Waals surface area contributed by atoms with Crippen molar-refractivity contribution < 1.29 is 9.18 Å². The number of amides is 1. The maximum absolute atomic E-state index is 13.1. The van der Waals surface area contributed by atoms with E-state index in [2.05, 4.69) is 16.0 Å². The van der Waals surface area contributed by atoms with Gasteiger partial charge in [-0.1, -0.05) is 42.1 Å². The van der Waals surface area contributed by atoms with Crippen molar-refractivity contribution in [1.29, 1.82) is 0 Å². The lowest BCUT2D eigenvalue weighted by Crippen LogP contribution is -2.49. The monoisotopic (exact) mass is 329 g/mol. The second kappa shape index (κ2) is 6.85. The Bertz CT molecular complexity index is 696.